The van der Waals surface area contributed by atoms with Crippen LogP contribution in [0, 0.1) is 29.2 Å². The van der Waals surface area contributed by atoms with Crippen LogP contribution in [0.2, 0.25) is 19.6 Å². The van der Waals surface area contributed by atoms with Gasteiger partial charge in [0, 0.05) is 25.8 Å². The van der Waals surface area contributed by atoms with Crippen LogP contribution >= 0.6 is 0 Å². The molecule has 2 unspecified atom stereocenters. The number of hydrogen-bond donors (Lipinski definition) is 0. The molecule has 0 amide bonds. The normalized spacial score (nSPS) is 28.4. The second-order valence-electron chi connectivity index (χ2n) is 12.0. The van der Waals surface area contributed by atoms with Crippen LogP contribution in [0.4, 0.5) is 0 Å². The molecular weight excluding hydrogens is 472 g/mol. The van der Waals surface area contributed by atoms with E-state index in [1.54, 1.807) is 14.2 Å². The Balaban J connectivity index is 1.72. The van der Waals surface area contributed by atoms with Crippen molar-refractivity contribution >= 4 is 8.07 Å². The van der Waals surface area contributed by atoms with Gasteiger partial charge in [-0.15, -0.1) is 5.54 Å². The molecule has 4 saturated carbocycles. The summed E-state index contributed by atoms with van der Waals surface area (Å²) < 4.78 is 34.2. The van der Waals surface area contributed by atoms with Crippen molar-refractivity contribution in [1.82, 2.24) is 0 Å². The molecule has 4 bridgehead atoms. The molecule has 1 aromatic rings. The lowest BCUT2D eigenvalue weighted by Gasteiger charge is -2.57. The second kappa shape index (κ2) is 11.4. The van der Waals surface area contributed by atoms with E-state index in [0.717, 1.165) is 29.1 Å². The first kappa shape index (κ1) is 27.5. The largest absolute Gasteiger partial charge is 0.467 e. The summed E-state index contributed by atoms with van der Waals surface area (Å²) in [5, 5.41) is 0. The lowest BCUT2D eigenvalue weighted by Crippen LogP contribution is -2.48. The van der Waals surface area contributed by atoms with E-state index in [2.05, 4.69) is 37.2 Å². The van der Waals surface area contributed by atoms with Crippen molar-refractivity contribution in [2.24, 2.45) is 17.8 Å². The number of methoxy groups -OCH3 is 2. The third kappa shape index (κ3) is 6.65. The van der Waals surface area contributed by atoms with Gasteiger partial charge in [0.25, 0.3) is 0 Å². The molecule has 4 fully saturated rings. The van der Waals surface area contributed by atoms with E-state index in [4.69, 9.17) is 28.4 Å². The average Bonchev–Trinajstić information content (AvgIpc) is 2.81. The van der Waals surface area contributed by atoms with Crippen molar-refractivity contribution < 1.29 is 28.4 Å². The zero-order valence-corrected chi connectivity index (χ0v) is 24.1. The Kier molecular flexibility index (Phi) is 8.74. The highest BCUT2D eigenvalue weighted by molar-refractivity contribution is 6.83. The van der Waals surface area contributed by atoms with Crippen molar-refractivity contribution in [2.45, 2.75) is 90.0 Å². The zero-order valence-electron chi connectivity index (χ0n) is 23.1. The molecule has 200 valence electrons. The molecule has 1 aromatic carbocycles. The van der Waals surface area contributed by atoms with Gasteiger partial charge in [-0.25, -0.2) is 0 Å². The third-order valence-corrected chi connectivity index (χ3v) is 8.84. The van der Waals surface area contributed by atoms with Gasteiger partial charge in [0.15, 0.2) is 26.2 Å². The lowest BCUT2D eigenvalue weighted by molar-refractivity contribution is -0.150. The van der Waals surface area contributed by atoms with Gasteiger partial charge < -0.3 is 28.4 Å². The first-order chi connectivity index (χ1) is 17.1. The van der Waals surface area contributed by atoms with E-state index in [1.165, 1.54) is 44.1 Å². The highest BCUT2D eigenvalue weighted by Gasteiger charge is 2.52. The molecule has 5 rings (SSSR count). The van der Waals surface area contributed by atoms with Crippen LogP contribution in [0.25, 0.3) is 0 Å². The SMILES string of the molecule is COC(C)OCOc1cc(OCOC(C)OC)c(C23CC4CC(CC(C4)C2)C3)cc1C#C[Si](C)(C)C. The molecular formula is C29H44O6Si. The lowest BCUT2D eigenvalue weighted by atomic mass is 9.48. The minimum Gasteiger partial charge on any atom is -0.467 e. The summed E-state index contributed by atoms with van der Waals surface area (Å²) in [4.78, 5) is 0. The molecule has 0 aliphatic heterocycles. The monoisotopic (exact) mass is 516 g/mol. The fourth-order valence-corrected chi connectivity index (χ4v) is 7.04. The van der Waals surface area contributed by atoms with Gasteiger partial charge in [0.1, 0.15) is 19.6 Å². The van der Waals surface area contributed by atoms with Crippen molar-refractivity contribution in [3.05, 3.63) is 23.3 Å². The number of hydrogen-bond acceptors (Lipinski definition) is 6. The summed E-state index contributed by atoms with van der Waals surface area (Å²) in [7, 11) is 1.65. The van der Waals surface area contributed by atoms with Gasteiger partial charge in [0.05, 0.1) is 5.56 Å². The first-order valence-electron chi connectivity index (χ1n) is 13.4. The van der Waals surface area contributed by atoms with Crippen LogP contribution in [-0.4, -0.2) is 48.5 Å². The molecule has 4 aliphatic rings. The van der Waals surface area contributed by atoms with E-state index in [1.807, 2.05) is 19.9 Å². The first-order valence-corrected chi connectivity index (χ1v) is 16.9. The highest BCUT2D eigenvalue weighted by Crippen LogP contribution is 2.62. The Bertz CT molecular complexity index is 924. The fraction of sp³-hybridized carbons (Fsp3) is 0.724. The van der Waals surface area contributed by atoms with Crippen LogP contribution in [0.3, 0.4) is 0 Å². The van der Waals surface area contributed by atoms with Gasteiger partial charge >= 0.3 is 0 Å². The van der Waals surface area contributed by atoms with Crippen LogP contribution in [-0.2, 0) is 24.4 Å². The van der Waals surface area contributed by atoms with E-state index in [-0.39, 0.29) is 31.6 Å². The number of rotatable bonds is 11. The molecule has 0 spiro atoms. The maximum absolute atomic E-state index is 6.30. The van der Waals surface area contributed by atoms with Crippen molar-refractivity contribution in [3.63, 3.8) is 0 Å². The summed E-state index contributed by atoms with van der Waals surface area (Å²) in [6.45, 7) is 10.7. The highest BCUT2D eigenvalue weighted by atomic mass is 28.3. The van der Waals surface area contributed by atoms with Crippen LogP contribution in [0.5, 0.6) is 11.5 Å². The van der Waals surface area contributed by atoms with Gasteiger partial charge in [0.2, 0.25) is 0 Å². The Morgan fingerprint density at radius 1 is 0.833 bits per heavy atom. The quantitative estimate of drug-likeness (QED) is 0.202. The van der Waals surface area contributed by atoms with E-state index >= 15 is 0 Å². The molecule has 4 aliphatic carbocycles. The molecule has 0 aromatic heterocycles. The summed E-state index contributed by atoms with van der Waals surface area (Å²) in [5.74, 6) is 7.46. The predicted molar refractivity (Wildman–Crippen MR) is 143 cm³/mol. The maximum atomic E-state index is 6.30. The van der Waals surface area contributed by atoms with E-state index in [0.29, 0.717) is 5.75 Å². The second-order valence-corrected chi connectivity index (χ2v) is 16.8. The number of ether oxygens (including phenoxy) is 6. The van der Waals surface area contributed by atoms with Gasteiger partial charge in [-0.3, -0.25) is 0 Å². The molecule has 0 radical (unpaired) electrons. The summed E-state index contributed by atoms with van der Waals surface area (Å²) in [6.07, 6.45) is 7.19. The van der Waals surface area contributed by atoms with E-state index < -0.39 is 8.07 Å². The Labute approximate surface area is 218 Å². The molecule has 0 heterocycles. The Hall–Kier alpha value is -1.56. The standard InChI is InChI=1S/C29H44O6Si/c1-20(30-3)32-18-34-27-14-28(35-19-33-21(2)31-4)26(13-25(27)8-9-36(5,6)7)29-15-22-10-23(16-29)12-24(11-22)17-29/h13-14,20-24H,10-12,15-19H2,1-7H3. The number of benzene rings is 1. The molecule has 6 nitrogen and oxygen atoms in total. The topological polar surface area (TPSA) is 55.4 Å². The minimum absolute atomic E-state index is 0.0734. The van der Waals surface area contributed by atoms with Gasteiger partial charge in [-0.05, 0) is 81.6 Å². The fourth-order valence-electron chi connectivity index (χ4n) is 6.53. The van der Waals surface area contributed by atoms with Crippen LogP contribution in [0.15, 0.2) is 12.1 Å². The summed E-state index contributed by atoms with van der Waals surface area (Å²) >= 11 is 0. The van der Waals surface area contributed by atoms with Gasteiger partial charge in [-0.2, -0.15) is 0 Å². The Morgan fingerprint density at radius 2 is 1.33 bits per heavy atom. The predicted octanol–water partition coefficient (Wildman–Crippen LogP) is 6.07. The van der Waals surface area contributed by atoms with Gasteiger partial charge in [-0.1, -0.05) is 25.6 Å². The van der Waals surface area contributed by atoms with Crippen molar-refractivity contribution in [2.75, 3.05) is 27.8 Å². The summed E-state index contributed by atoms with van der Waals surface area (Å²) in [5.41, 5.74) is 5.87. The van der Waals surface area contributed by atoms with Crippen LogP contribution < -0.4 is 9.47 Å². The van der Waals surface area contributed by atoms with Crippen molar-refractivity contribution in [1.29, 1.82) is 0 Å². The Morgan fingerprint density at radius 3 is 1.81 bits per heavy atom. The average molecular weight is 517 g/mol. The molecule has 7 heteroatoms. The minimum atomic E-state index is -1.59. The smallest absolute Gasteiger partial charge is 0.192 e. The zero-order chi connectivity index (χ0) is 25.9. The van der Waals surface area contributed by atoms with Crippen molar-refractivity contribution in [3.8, 4) is 23.0 Å². The molecule has 2 atom stereocenters. The third-order valence-electron chi connectivity index (χ3n) is 7.96. The maximum Gasteiger partial charge on any atom is 0.192 e. The molecule has 36 heavy (non-hydrogen) atoms. The summed E-state index contributed by atoms with van der Waals surface area (Å²) in [6, 6.07) is 4.26. The van der Waals surface area contributed by atoms with Crippen LogP contribution in [0.1, 0.15) is 63.5 Å². The molecule has 0 saturated heterocycles. The molecule has 0 N–H and O–H groups in total. The van der Waals surface area contributed by atoms with E-state index in [9.17, 15) is 0 Å².